The van der Waals surface area contributed by atoms with Crippen molar-refractivity contribution in [2.75, 3.05) is 24.6 Å². The number of carbonyl (C=O) groups excluding carboxylic acids is 2. The van der Waals surface area contributed by atoms with Gasteiger partial charge in [-0.2, -0.15) is 0 Å². The van der Waals surface area contributed by atoms with Crippen LogP contribution in [0.5, 0.6) is 0 Å². The van der Waals surface area contributed by atoms with E-state index in [9.17, 15) is 9.59 Å². The highest BCUT2D eigenvalue weighted by Crippen LogP contribution is 2.40. The van der Waals surface area contributed by atoms with E-state index in [0.717, 1.165) is 30.0 Å². The van der Waals surface area contributed by atoms with Gasteiger partial charge in [-0.15, -0.1) is 0 Å². The number of pyridine rings is 1. The lowest BCUT2D eigenvalue weighted by atomic mass is 10.1. The molecule has 1 fully saturated rings. The number of ether oxygens (including phenoxy) is 1. The van der Waals surface area contributed by atoms with Gasteiger partial charge in [0.15, 0.2) is 0 Å². The van der Waals surface area contributed by atoms with Gasteiger partial charge in [0.05, 0.1) is 17.4 Å². The van der Waals surface area contributed by atoms with Crippen molar-refractivity contribution >= 4 is 29.3 Å². The summed E-state index contributed by atoms with van der Waals surface area (Å²) < 4.78 is 5.55. The minimum Gasteiger partial charge on any atom is -0.376 e. The first-order chi connectivity index (χ1) is 13.2. The Kier molecular flexibility index (Phi) is 5.13. The van der Waals surface area contributed by atoms with Crippen LogP contribution in [0, 0.1) is 0 Å². The van der Waals surface area contributed by atoms with Crippen LogP contribution in [0.1, 0.15) is 40.5 Å². The summed E-state index contributed by atoms with van der Waals surface area (Å²) in [6, 6.07) is 9.01. The molecule has 0 bridgehead atoms. The first-order valence-electron chi connectivity index (χ1n) is 9.16. The summed E-state index contributed by atoms with van der Waals surface area (Å²) >= 11 is 1.42. The van der Waals surface area contributed by atoms with Gasteiger partial charge in [0, 0.05) is 36.4 Å². The van der Waals surface area contributed by atoms with Gasteiger partial charge >= 0.3 is 0 Å². The highest BCUT2D eigenvalue weighted by molar-refractivity contribution is 7.99. The van der Waals surface area contributed by atoms with Crippen molar-refractivity contribution in [2.24, 2.45) is 0 Å². The maximum Gasteiger partial charge on any atom is 0.261 e. The third kappa shape index (κ3) is 3.57. The van der Waals surface area contributed by atoms with Crippen LogP contribution in [0.3, 0.4) is 0 Å². The standard InChI is InChI=1S/C20H21N3O3S/c1-2-23-16-8-7-13(18(24)22-12-14-5-4-10-26-14)11-17(16)27-19-15(20(23)25)6-3-9-21-19/h3,6-9,11,14H,2,4-5,10,12H2,1H3,(H,22,24)/t14-/m1/s1. The Morgan fingerprint density at radius 1 is 1.41 bits per heavy atom. The largest absolute Gasteiger partial charge is 0.376 e. The zero-order valence-electron chi connectivity index (χ0n) is 15.1. The minimum absolute atomic E-state index is 0.0672. The van der Waals surface area contributed by atoms with Gasteiger partial charge in [0.25, 0.3) is 11.8 Å². The van der Waals surface area contributed by atoms with Crippen molar-refractivity contribution in [1.29, 1.82) is 0 Å². The highest BCUT2D eigenvalue weighted by atomic mass is 32.2. The van der Waals surface area contributed by atoms with E-state index in [1.165, 1.54) is 11.8 Å². The number of aromatic nitrogens is 1. The molecule has 7 heteroatoms. The molecule has 0 spiro atoms. The number of anilines is 1. The van der Waals surface area contributed by atoms with Crippen molar-refractivity contribution in [1.82, 2.24) is 10.3 Å². The Morgan fingerprint density at radius 3 is 3.07 bits per heavy atom. The second-order valence-electron chi connectivity index (χ2n) is 6.54. The SMILES string of the molecule is CCN1C(=O)c2cccnc2Sc2cc(C(=O)NC[C@H]3CCCO3)ccc21. The Bertz CT molecular complexity index is 881. The molecule has 0 radical (unpaired) electrons. The number of rotatable bonds is 4. The van der Waals surface area contributed by atoms with E-state index in [1.807, 2.05) is 19.1 Å². The van der Waals surface area contributed by atoms with Crippen LogP contribution in [-0.4, -0.2) is 42.6 Å². The number of nitrogens with one attached hydrogen (secondary N) is 1. The smallest absolute Gasteiger partial charge is 0.261 e. The lowest BCUT2D eigenvalue weighted by molar-refractivity contribution is 0.0857. The van der Waals surface area contributed by atoms with Gasteiger partial charge in [-0.3, -0.25) is 9.59 Å². The summed E-state index contributed by atoms with van der Waals surface area (Å²) in [7, 11) is 0. The molecule has 27 heavy (non-hydrogen) atoms. The predicted molar refractivity (Wildman–Crippen MR) is 103 cm³/mol. The molecule has 140 valence electrons. The summed E-state index contributed by atoms with van der Waals surface area (Å²) in [5, 5.41) is 3.61. The van der Waals surface area contributed by atoms with Crippen molar-refractivity contribution in [3.05, 3.63) is 47.7 Å². The van der Waals surface area contributed by atoms with E-state index in [4.69, 9.17) is 4.74 Å². The summed E-state index contributed by atoms with van der Waals surface area (Å²) in [6.07, 6.45) is 3.81. The maximum absolute atomic E-state index is 12.9. The van der Waals surface area contributed by atoms with Crippen molar-refractivity contribution in [2.45, 2.75) is 35.8 Å². The van der Waals surface area contributed by atoms with Crippen molar-refractivity contribution < 1.29 is 14.3 Å². The molecule has 0 aliphatic carbocycles. The third-order valence-electron chi connectivity index (χ3n) is 4.80. The van der Waals surface area contributed by atoms with Crippen LogP contribution in [0.4, 0.5) is 5.69 Å². The van der Waals surface area contributed by atoms with Crippen LogP contribution in [-0.2, 0) is 4.74 Å². The second-order valence-corrected chi connectivity index (χ2v) is 7.57. The molecule has 1 atom stereocenters. The maximum atomic E-state index is 12.9. The molecule has 1 aromatic heterocycles. The van der Waals surface area contributed by atoms with E-state index >= 15 is 0 Å². The van der Waals surface area contributed by atoms with Gasteiger partial charge in [-0.1, -0.05) is 11.8 Å². The van der Waals surface area contributed by atoms with E-state index in [0.29, 0.717) is 29.2 Å². The molecule has 0 unspecified atom stereocenters. The molecular formula is C20H21N3O3S. The summed E-state index contributed by atoms with van der Waals surface area (Å²) in [5.41, 5.74) is 1.97. The third-order valence-corrected chi connectivity index (χ3v) is 5.86. The number of fused-ring (bicyclic) bond motifs is 2. The first-order valence-corrected chi connectivity index (χ1v) is 9.97. The molecule has 2 aliphatic heterocycles. The number of amides is 2. The highest BCUT2D eigenvalue weighted by Gasteiger charge is 2.27. The number of hydrogen-bond donors (Lipinski definition) is 1. The number of nitrogens with zero attached hydrogens (tertiary/aromatic N) is 2. The Hall–Kier alpha value is -2.38. The molecule has 6 nitrogen and oxygen atoms in total. The molecule has 4 rings (SSSR count). The van der Waals surface area contributed by atoms with Gasteiger partial charge in [-0.05, 0) is 50.1 Å². The van der Waals surface area contributed by atoms with Crippen molar-refractivity contribution in [3.8, 4) is 0 Å². The van der Waals surface area contributed by atoms with E-state index in [-0.39, 0.29) is 17.9 Å². The average molecular weight is 383 g/mol. The van der Waals surface area contributed by atoms with Crippen LogP contribution in [0.2, 0.25) is 0 Å². The summed E-state index contributed by atoms with van der Waals surface area (Å²) in [6.45, 7) is 3.78. The Morgan fingerprint density at radius 2 is 2.30 bits per heavy atom. The van der Waals surface area contributed by atoms with E-state index in [1.54, 1.807) is 29.3 Å². The Labute approximate surface area is 162 Å². The van der Waals surface area contributed by atoms with Gasteiger partial charge in [-0.25, -0.2) is 4.98 Å². The molecule has 1 aromatic carbocycles. The molecule has 2 amide bonds. The van der Waals surface area contributed by atoms with Gasteiger partial charge in [0.2, 0.25) is 0 Å². The molecule has 1 N–H and O–H groups in total. The lowest BCUT2D eigenvalue weighted by Gasteiger charge is -2.21. The molecular weight excluding hydrogens is 362 g/mol. The summed E-state index contributed by atoms with van der Waals surface area (Å²) in [5.74, 6) is -0.198. The number of carbonyl (C=O) groups is 2. The monoisotopic (exact) mass is 383 g/mol. The van der Waals surface area contributed by atoms with Gasteiger partial charge in [0.1, 0.15) is 5.03 Å². The van der Waals surface area contributed by atoms with Crippen molar-refractivity contribution in [3.63, 3.8) is 0 Å². The number of benzene rings is 1. The number of hydrogen-bond acceptors (Lipinski definition) is 5. The lowest BCUT2D eigenvalue weighted by Crippen LogP contribution is -2.32. The fourth-order valence-electron chi connectivity index (χ4n) is 3.38. The topological polar surface area (TPSA) is 71.5 Å². The first kappa shape index (κ1) is 18.0. The molecule has 1 saturated heterocycles. The average Bonchev–Trinajstić information content (AvgIpc) is 3.17. The van der Waals surface area contributed by atoms with Gasteiger partial charge < -0.3 is 15.0 Å². The minimum atomic E-state index is -0.131. The van der Waals surface area contributed by atoms with Crippen LogP contribution >= 0.6 is 11.8 Å². The zero-order valence-corrected chi connectivity index (χ0v) is 15.9. The Balaban J connectivity index is 1.62. The van der Waals surface area contributed by atoms with Crippen LogP contribution in [0.15, 0.2) is 46.5 Å². The fraction of sp³-hybridized carbons (Fsp3) is 0.350. The molecule has 0 saturated carbocycles. The van der Waals surface area contributed by atoms with Crippen LogP contribution < -0.4 is 10.2 Å². The fourth-order valence-corrected chi connectivity index (χ4v) is 4.44. The normalized spacial score (nSPS) is 18.6. The predicted octanol–water partition coefficient (Wildman–Crippen LogP) is 3.12. The summed E-state index contributed by atoms with van der Waals surface area (Å²) in [4.78, 5) is 32.4. The molecule has 2 aromatic rings. The van der Waals surface area contributed by atoms with Crippen LogP contribution in [0.25, 0.3) is 0 Å². The second kappa shape index (κ2) is 7.70. The van der Waals surface area contributed by atoms with E-state index < -0.39 is 0 Å². The molecule has 3 heterocycles. The van der Waals surface area contributed by atoms with E-state index in [2.05, 4.69) is 10.3 Å². The zero-order chi connectivity index (χ0) is 18.8. The molecule has 2 aliphatic rings. The quantitative estimate of drug-likeness (QED) is 0.878.